The number of ether oxygens (including phenoxy) is 1. The molecule has 0 spiro atoms. The van der Waals surface area contributed by atoms with Crippen molar-refractivity contribution in [2.45, 2.75) is 45.0 Å². The molecule has 0 saturated carbocycles. The number of carbonyl (C=O) groups excluding carboxylic acids is 1. The fourth-order valence-corrected chi connectivity index (χ4v) is 1.96. The number of carbonyl (C=O) groups is 1. The first-order valence-electron chi connectivity index (χ1n) is 7.67. The zero-order valence-electron chi connectivity index (χ0n) is 14.2. The Labute approximate surface area is 141 Å². The van der Waals surface area contributed by atoms with Gasteiger partial charge in [-0.05, 0) is 45.3 Å². The van der Waals surface area contributed by atoms with Crippen molar-refractivity contribution in [1.29, 1.82) is 0 Å². The minimum atomic E-state index is -1.11. The van der Waals surface area contributed by atoms with Gasteiger partial charge in [0.2, 0.25) is 0 Å². The largest absolute Gasteiger partial charge is 0.441 e. The molecule has 1 aromatic carbocycles. The van der Waals surface area contributed by atoms with Crippen LogP contribution in [-0.2, 0) is 9.39 Å². The van der Waals surface area contributed by atoms with Crippen molar-refractivity contribution >= 4 is 24.7 Å². The van der Waals surface area contributed by atoms with Gasteiger partial charge in [0.15, 0.2) is 0 Å². The molecule has 1 aliphatic heterocycles. The van der Waals surface area contributed by atoms with E-state index in [9.17, 15) is 14.3 Å². The van der Waals surface area contributed by atoms with Crippen molar-refractivity contribution in [2.24, 2.45) is 0 Å². The summed E-state index contributed by atoms with van der Waals surface area (Å²) >= 11 is 0. The molecule has 1 amide bonds. The van der Waals surface area contributed by atoms with E-state index >= 15 is 0 Å². The molecular formula is C16H22BFNO5. The van der Waals surface area contributed by atoms with Crippen LogP contribution in [-0.4, -0.2) is 54.2 Å². The van der Waals surface area contributed by atoms with Crippen molar-refractivity contribution in [3.63, 3.8) is 0 Å². The summed E-state index contributed by atoms with van der Waals surface area (Å²) in [5, 5.41) is 19.1. The van der Waals surface area contributed by atoms with Gasteiger partial charge in [-0.3, -0.25) is 4.90 Å². The van der Waals surface area contributed by atoms with E-state index in [1.54, 1.807) is 33.8 Å². The first kappa shape index (κ1) is 18.7. The molecule has 1 heterocycles. The smallest absolute Gasteiger partial charge is 0.414 e. The van der Waals surface area contributed by atoms with E-state index in [4.69, 9.17) is 14.5 Å². The van der Waals surface area contributed by atoms with Gasteiger partial charge in [-0.2, -0.15) is 0 Å². The highest BCUT2D eigenvalue weighted by molar-refractivity contribution is 6.47. The van der Waals surface area contributed by atoms with Crippen molar-refractivity contribution in [3.8, 4) is 0 Å². The Morgan fingerprint density at radius 3 is 2.58 bits per heavy atom. The second kappa shape index (κ2) is 6.70. The second-order valence-corrected chi connectivity index (χ2v) is 6.81. The Bertz CT molecular complexity index is 617. The van der Waals surface area contributed by atoms with Crippen molar-refractivity contribution in [1.82, 2.24) is 0 Å². The maximum atomic E-state index is 14.3. The van der Waals surface area contributed by atoms with Gasteiger partial charge in [-0.25, -0.2) is 9.18 Å². The van der Waals surface area contributed by atoms with Gasteiger partial charge in [0.05, 0.1) is 30.0 Å². The summed E-state index contributed by atoms with van der Waals surface area (Å²) in [4.78, 5) is 13.0. The standard InChI is InChI=1S/C16H22BFNO5/c1-15(2,22)16(3,4)24-17-12-6-5-10(7-13(12)18)19-8-11(9-20)23-14(19)21/h5-7,11,20,22H,8-9H2,1-4H3. The van der Waals surface area contributed by atoms with Gasteiger partial charge in [-0.1, -0.05) is 6.07 Å². The fraction of sp³-hybridized carbons (Fsp3) is 0.562. The molecule has 1 aliphatic rings. The molecule has 6 nitrogen and oxygen atoms in total. The number of halogens is 1. The number of hydrogen-bond donors (Lipinski definition) is 2. The molecule has 0 aliphatic carbocycles. The van der Waals surface area contributed by atoms with E-state index in [0.29, 0.717) is 5.69 Å². The summed E-state index contributed by atoms with van der Waals surface area (Å²) < 4.78 is 24.7. The van der Waals surface area contributed by atoms with E-state index in [1.807, 2.05) is 0 Å². The zero-order valence-corrected chi connectivity index (χ0v) is 14.2. The summed E-state index contributed by atoms with van der Waals surface area (Å²) in [5.74, 6) is -0.570. The lowest BCUT2D eigenvalue weighted by molar-refractivity contribution is -0.0893. The average molecular weight is 338 g/mol. The molecule has 1 fully saturated rings. The fourth-order valence-electron chi connectivity index (χ4n) is 1.96. The summed E-state index contributed by atoms with van der Waals surface area (Å²) in [6.45, 7) is 6.50. The van der Waals surface area contributed by atoms with Gasteiger partial charge in [0.1, 0.15) is 11.9 Å². The number of benzene rings is 1. The van der Waals surface area contributed by atoms with Crippen LogP contribution >= 0.6 is 0 Å². The van der Waals surface area contributed by atoms with Crippen LogP contribution in [0.15, 0.2) is 18.2 Å². The Morgan fingerprint density at radius 2 is 2.08 bits per heavy atom. The lowest BCUT2D eigenvalue weighted by Crippen LogP contribution is -2.49. The van der Waals surface area contributed by atoms with Crippen LogP contribution in [0.5, 0.6) is 0 Å². The maximum Gasteiger partial charge on any atom is 0.414 e. The number of aliphatic hydroxyl groups excluding tert-OH is 1. The minimum Gasteiger partial charge on any atom is -0.441 e. The number of amides is 1. The van der Waals surface area contributed by atoms with Crippen LogP contribution < -0.4 is 10.4 Å². The average Bonchev–Trinajstić information content (AvgIpc) is 2.86. The summed E-state index contributed by atoms with van der Waals surface area (Å²) in [6.07, 6.45) is -1.23. The van der Waals surface area contributed by atoms with Crippen LogP contribution in [0.3, 0.4) is 0 Å². The third kappa shape index (κ3) is 3.88. The summed E-state index contributed by atoms with van der Waals surface area (Å²) in [6, 6.07) is 4.24. The van der Waals surface area contributed by atoms with Crippen molar-refractivity contribution < 1.29 is 28.8 Å². The third-order valence-electron chi connectivity index (χ3n) is 4.33. The van der Waals surface area contributed by atoms with Crippen LogP contribution in [0, 0.1) is 5.82 Å². The number of aliphatic hydroxyl groups is 2. The minimum absolute atomic E-state index is 0.167. The van der Waals surface area contributed by atoms with E-state index in [2.05, 4.69) is 0 Å². The van der Waals surface area contributed by atoms with Gasteiger partial charge in [0.25, 0.3) is 0 Å². The van der Waals surface area contributed by atoms with E-state index in [1.165, 1.54) is 24.5 Å². The number of rotatable bonds is 6. The molecule has 2 N–H and O–H groups in total. The maximum absolute atomic E-state index is 14.3. The summed E-state index contributed by atoms with van der Waals surface area (Å²) in [7, 11) is 1.25. The normalized spacial score (nSPS) is 18.7. The van der Waals surface area contributed by atoms with Crippen LogP contribution in [0.4, 0.5) is 14.9 Å². The van der Waals surface area contributed by atoms with Gasteiger partial charge < -0.3 is 19.6 Å². The van der Waals surface area contributed by atoms with Gasteiger partial charge in [-0.15, -0.1) is 0 Å². The molecule has 1 saturated heterocycles. The topological polar surface area (TPSA) is 79.2 Å². The number of cyclic esters (lactones) is 1. The molecule has 8 heteroatoms. The lowest BCUT2D eigenvalue weighted by Gasteiger charge is -2.37. The predicted molar refractivity (Wildman–Crippen MR) is 88.0 cm³/mol. The third-order valence-corrected chi connectivity index (χ3v) is 4.33. The predicted octanol–water partition coefficient (Wildman–Crippen LogP) is 0.954. The van der Waals surface area contributed by atoms with Crippen molar-refractivity contribution in [2.75, 3.05) is 18.1 Å². The molecule has 1 atom stereocenters. The molecule has 0 aromatic heterocycles. The zero-order chi connectivity index (χ0) is 18.1. The van der Waals surface area contributed by atoms with Crippen molar-refractivity contribution in [3.05, 3.63) is 24.0 Å². The van der Waals surface area contributed by atoms with E-state index in [-0.39, 0.29) is 18.6 Å². The first-order valence-corrected chi connectivity index (χ1v) is 7.67. The molecule has 0 bridgehead atoms. The van der Waals surface area contributed by atoms with Gasteiger partial charge in [0, 0.05) is 0 Å². The van der Waals surface area contributed by atoms with Gasteiger partial charge >= 0.3 is 13.6 Å². The Kier molecular flexibility index (Phi) is 5.22. The molecule has 131 valence electrons. The number of nitrogens with zero attached hydrogens (tertiary/aromatic N) is 1. The summed E-state index contributed by atoms with van der Waals surface area (Å²) in [5.41, 5.74) is -1.49. The quantitative estimate of drug-likeness (QED) is 0.755. The first-order chi connectivity index (χ1) is 11.0. The second-order valence-electron chi connectivity index (χ2n) is 6.81. The van der Waals surface area contributed by atoms with E-state index in [0.717, 1.165) is 0 Å². The number of anilines is 1. The monoisotopic (exact) mass is 338 g/mol. The highest BCUT2D eigenvalue weighted by atomic mass is 19.1. The molecular weight excluding hydrogens is 316 g/mol. The Balaban J connectivity index is 2.09. The molecule has 1 aromatic rings. The molecule has 2 rings (SSSR count). The Hall–Kier alpha value is -1.64. The molecule has 1 unspecified atom stereocenters. The molecule has 24 heavy (non-hydrogen) atoms. The lowest BCUT2D eigenvalue weighted by atomic mass is 9.82. The Morgan fingerprint density at radius 1 is 1.42 bits per heavy atom. The highest BCUT2D eigenvalue weighted by Gasteiger charge is 2.36. The molecule has 1 radical (unpaired) electrons. The number of hydrogen-bond acceptors (Lipinski definition) is 5. The van der Waals surface area contributed by atoms with Crippen LogP contribution in [0.2, 0.25) is 0 Å². The van der Waals surface area contributed by atoms with Crippen LogP contribution in [0.25, 0.3) is 0 Å². The SMILES string of the molecule is CC(C)(O)C(C)(C)O[B]c1ccc(N2CC(CO)OC2=O)cc1F. The highest BCUT2D eigenvalue weighted by Crippen LogP contribution is 2.25. The van der Waals surface area contributed by atoms with Crippen LogP contribution in [0.1, 0.15) is 27.7 Å². The van der Waals surface area contributed by atoms with E-state index < -0.39 is 29.2 Å².